The van der Waals surface area contributed by atoms with Gasteiger partial charge in [-0.1, -0.05) is 12.1 Å². The summed E-state index contributed by atoms with van der Waals surface area (Å²) in [5.74, 6) is 1.10. The quantitative estimate of drug-likeness (QED) is 0.800. The molecule has 2 aromatic carbocycles. The van der Waals surface area contributed by atoms with Gasteiger partial charge in [0.1, 0.15) is 11.5 Å². The van der Waals surface area contributed by atoms with Crippen molar-refractivity contribution in [2.45, 2.75) is 20.8 Å². The van der Waals surface area contributed by atoms with E-state index in [9.17, 15) is 4.79 Å². The van der Waals surface area contributed by atoms with E-state index in [1.807, 2.05) is 45.0 Å². The van der Waals surface area contributed by atoms with Crippen molar-refractivity contribution in [1.82, 2.24) is 0 Å². The molecule has 0 saturated carbocycles. The molecule has 0 bridgehead atoms. The molecular weight excluding hydrogens is 264 g/mol. The van der Waals surface area contributed by atoms with Gasteiger partial charge in [0.15, 0.2) is 0 Å². The molecule has 110 valence electrons. The summed E-state index contributed by atoms with van der Waals surface area (Å²) in [7, 11) is 3.15. The van der Waals surface area contributed by atoms with Gasteiger partial charge in [0.25, 0.3) is 0 Å². The number of benzene rings is 2. The molecule has 0 amide bonds. The number of rotatable bonds is 4. The topological polar surface area (TPSA) is 35.5 Å². The van der Waals surface area contributed by atoms with Crippen molar-refractivity contribution in [3.8, 4) is 11.5 Å². The van der Waals surface area contributed by atoms with E-state index in [1.165, 1.54) is 0 Å². The molecule has 21 heavy (non-hydrogen) atoms. The van der Waals surface area contributed by atoms with Gasteiger partial charge in [-0.2, -0.15) is 0 Å². The van der Waals surface area contributed by atoms with Crippen LogP contribution in [-0.2, 0) is 0 Å². The summed E-state index contributed by atoms with van der Waals surface area (Å²) >= 11 is 0. The first-order chi connectivity index (χ1) is 9.97. The van der Waals surface area contributed by atoms with Gasteiger partial charge in [-0.25, -0.2) is 0 Å². The van der Waals surface area contributed by atoms with Crippen LogP contribution >= 0.6 is 0 Å². The summed E-state index contributed by atoms with van der Waals surface area (Å²) in [5, 5.41) is 0. The van der Waals surface area contributed by atoms with Gasteiger partial charge < -0.3 is 9.47 Å². The minimum Gasteiger partial charge on any atom is -0.496 e. The van der Waals surface area contributed by atoms with E-state index >= 15 is 0 Å². The molecular formula is C18H20O3. The van der Waals surface area contributed by atoms with Crippen LogP contribution in [0.15, 0.2) is 30.3 Å². The largest absolute Gasteiger partial charge is 0.496 e. The van der Waals surface area contributed by atoms with E-state index in [-0.39, 0.29) is 5.78 Å². The van der Waals surface area contributed by atoms with Crippen LogP contribution in [0.1, 0.15) is 32.6 Å². The van der Waals surface area contributed by atoms with Crippen molar-refractivity contribution in [2.75, 3.05) is 14.2 Å². The third-order valence-corrected chi connectivity index (χ3v) is 3.49. The molecule has 0 unspecified atom stereocenters. The number of ketones is 1. The number of hydrogen-bond donors (Lipinski definition) is 0. The first kappa shape index (κ1) is 15.1. The summed E-state index contributed by atoms with van der Waals surface area (Å²) in [6, 6.07) is 9.43. The van der Waals surface area contributed by atoms with E-state index in [1.54, 1.807) is 20.3 Å². The Morgan fingerprint density at radius 3 is 2.10 bits per heavy atom. The summed E-state index contributed by atoms with van der Waals surface area (Å²) < 4.78 is 10.7. The monoisotopic (exact) mass is 284 g/mol. The highest BCUT2D eigenvalue weighted by Crippen LogP contribution is 2.30. The fraction of sp³-hybridized carbons (Fsp3) is 0.278. The number of methoxy groups -OCH3 is 2. The van der Waals surface area contributed by atoms with E-state index in [0.29, 0.717) is 22.6 Å². The maximum absolute atomic E-state index is 12.9. The molecule has 0 spiro atoms. The van der Waals surface area contributed by atoms with Crippen LogP contribution < -0.4 is 9.47 Å². The summed E-state index contributed by atoms with van der Waals surface area (Å²) in [6.07, 6.45) is 0. The Morgan fingerprint density at radius 1 is 0.857 bits per heavy atom. The van der Waals surface area contributed by atoms with Crippen LogP contribution in [0, 0.1) is 20.8 Å². The van der Waals surface area contributed by atoms with Crippen LogP contribution in [0.25, 0.3) is 0 Å². The summed E-state index contributed by atoms with van der Waals surface area (Å²) in [5.41, 5.74) is 4.16. The second kappa shape index (κ2) is 6.00. The SMILES string of the molecule is COc1cc(C)ccc1C(=O)c1c(C)cc(C)cc1OC. The Morgan fingerprint density at radius 2 is 1.48 bits per heavy atom. The van der Waals surface area contributed by atoms with Gasteiger partial charge in [-0.15, -0.1) is 0 Å². The van der Waals surface area contributed by atoms with Crippen molar-refractivity contribution >= 4 is 5.78 Å². The Bertz CT molecular complexity index is 687. The van der Waals surface area contributed by atoms with Gasteiger partial charge in [-0.05, 0) is 55.7 Å². The van der Waals surface area contributed by atoms with Crippen molar-refractivity contribution < 1.29 is 14.3 Å². The minimum atomic E-state index is -0.0822. The number of aryl methyl sites for hydroxylation is 3. The molecule has 0 aliphatic heterocycles. The normalized spacial score (nSPS) is 10.3. The maximum atomic E-state index is 12.9. The van der Waals surface area contributed by atoms with Gasteiger partial charge in [0.05, 0.1) is 25.3 Å². The number of hydrogen-bond acceptors (Lipinski definition) is 3. The third-order valence-electron chi connectivity index (χ3n) is 3.49. The van der Waals surface area contributed by atoms with Gasteiger partial charge in [0.2, 0.25) is 5.78 Å². The zero-order valence-corrected chi connectivity index (χ0v) is 13.1. The highest BCUT2D eigenvalue weighted by Gasteiger charge is 2.21. The third kappa shape index (κ3) is 2.92. The Labute approximate surface area is 125 Å². The highest BCUT2D eigenvalue weighted by molar-refractivity contribution is 6.13. The molecule has 0 radical (unpaired) electrons. The zero-order valence-electron chi connectivity index (χ0n) is 13.1. The van der Waals surface area contributed by atoms with E-state index in [0.717, 1.165) is 16.7 Å². The molecule has 2 aromatic rings. The lowest BCUT2D eigenvalue weighted by Crippen LogP contribution is -2.08. The predicted molar refractivity (Wildman–Crippen MR) is 83.6 cm³/mol. The number of ether oxygens (including phenoxy) is 2. The number of carbonyl (C=O) groups excluding carboxylic acids is 1. The fourth-order valence-corrected chi connectivity index (χ4v) is 2.50. The van der Waals surface area contributed by atoms with Crippen LogP contribution in [0.3, 0.4) is 0 Å². The Hall–Kier alpha value is -2.29. The van der Waals surface area contributed by atoms with E-state index in [2.05, 4.69) is 0 Å². The lowest BCUT2D eigenvalue weighted by molar-refractivity contribution is 0.103. The van der Waals surface area contributed by atoms with Crippen molar-refractivity contribution in [2.24, 2.45) is 0 Å². The van der Waals surface area contributed by atoms with E-state index < -0.39 is 0 Å². The molecule has 0 aliphatic carbocycles. The first-order valence-electron chi connectivity index (χ1n) is 6.82. The summed E-state index contributed by atoms with van der Waals surface area (Å²) in [4.78, 5) is 12.9. The minimum absolute atomic E-state index is 0.0822. The smallest absolute Gasteiger partial charge is 0.200 e. The predicted octanol–water partition coefficient (Wildman–Crippen LogP) is 3.86. The van der Waals surface area contributed by atoms with Crippen molar-refractivity contribution in [3.05, 3.63) is 58.1 Å². The first-order valence-corrected chi connectivity index (χ1v) is 6.82. The van der Waals surface area contributed by atoms with Crippen molar-refractivity contribution in [3.63, 3.8) is 0 Å². The summed E-state index contributed by atoms with van der Waals surface area (Å²) in [6.45, 7) is 5.87. The van der Waals surface area contributed by atoms with Crippen molar-refractivity contribution in [1.29, 1.82) is 0 Å². The lowest BCUT2D eigenvalue weighted by atomic mass is 9.95. The second-order valence-corrected chi connectivity index (χ2v) is 5.19. The molecule has 3 nitrogen and oxygen atoms in total. The van der Waals surface area contributed by atoms with Gasteiger partial charge >= 0.3 is 0 Å². The molecule has 2 rings (SSSR count). The average molecular weight is 284 g/mol. The van der Waals surface area contributed by atoms with Crippen LogP contribution in [0.2, 0.25) is 0 Å². The molecule has 0 N–H and O–H groups in total. The molecule has 3 heteroatoms. The standard InChI is InChI=1S/C18H20O3/c1-11-6-7-14(15(9-11)20-4)18(19)17-13(3)8-12(2)10-16(17)21-5/h6-10H,1-5H3. The molecule has 0 fully saturated rings. The van der Waals surface area contributed by atoms with Gasteiger partial charge in [-0.3, -0.25) is 4.79 Å². The number of carbonyl (C=O) groups is 1. The molecule has 0 aromatic heterocycles. The van der Waals surface area contributed by atoms with Gasteiger partial charge in [0, 0.05) is 0 Å². The molecule has 0 aliphatic rings. The Kier molecular flexibility index (Phi) is 4.32. The molecule has 0 heterocycles. The van der Waals surface area contributed by atoms with E-state index in [4.69, 9.17) is 9.47 Å². The second-order valence-electron chi connectivity index (χ2n) is 5.19. The lowest BCUT2D eigenvalue weighted by Gasteiger charge is -2.14. The molecule has 0 atom stereocenters. The molecule has 0 saturated heterocycles. The zero-order chi connectivity index (χ0) is 15.6. The Balaban J connectivity index is 2.60. The fourth-order valence-electron chi connectivity index (χ4n) is 2.50. The average Bonchev–Trinajstić information content (AvgIpc) is 2.45. The maximum Gasteiger partial charge on any atom is 0.200 e. The van der Waals surface area contributed by atoms with Crippen LogP contribution in [0.5, 0.6) is 11.5 Å². The van der Waals surface area contributed by atoms with Crippen LogP contribution in [-0.4, -0.2) is 20.0 Å². The highest BCUT2D eigenvalue weighted by atomic mass is 16.5. The van der Waals surface area contributed by atoms with Crippen LogP contribution in [0.4, 0.5) is 0 Å².